The van der Waals surface area contributed by atoms with Gasteiger partial charge in [-0.15, -0.1) is 11.3 Å². The number of amides is 9. The number of nitrogens with two attached hydrogens (primary N) is 1. The Morgan fingerprint density at radius 2 is 1.58 bits per heavy atom. The lowest BCUT2D eigenvalue weighted by Gasteiger charge is -2.36. The second-order valence-corrected chi connectivity index (χ2v) is 29.3. The van der Waals surface area contributed by atoms with E-state index in [2.05, 4.69) is 26.3 Å². The van der Waals surface area contributed by atoms with Crippen LogP contribution in [-0.4, -0.2) is 150 Å². The first-order chi connectivity index (χ1) is 46.3. The summed E-state index contributed by atoms with van der Waals surface area (Å²) in [5.41, 5.74) is 12.0. The van der Waals surface area contributed by atoms with Gasteiger partial charge in [0.05, 0.1) is 45.3 Å². The zero-order chi connectivity index (χ0) is 69.4. The van der Waals surface area contributed by atoms with E-state index in [4.69, 9.17) is 10.5 Å². The minimum absolute atomic E-state index is 0.0236. The fraction of sp³-hybridized carbons (Fsp3) is 0.569. The van der Waals surface area contributed by atoms with Crippen LogP contribution in [0.5, 0.6) is 5.75 Å². The van der Waals surface area contributed by atoms with Crippen molar-refractivity contribution in [1.82, 2.24) is 50.1 Å². The van der Waals surface area contributed by atoms with Crippen LogP contribution in [0.2, 0.25) is 0 Å². The van der Waals surface area contributed by atoms with Gasteiger partial charge in [-0.1, -0.05) is 69.7 Å². The lowest BCUT2D eigenvalue weighted by atomic mass is 9.78. The second kappa shape index (κ2) is 31.5. The maximum Gasteiger partial charge on any atom is 0.329 e. The first kappa shape index (κ1) is 71.5. The lowest BCUT2D eigenvalue weighted by molar-refractivity contribution is -0.144. The predicted octanol–water partition coefficient (Wildman–Crippen LogP) is 6.91. The summed E-state index contributed by atoms with van der Waals surface area (Å²) in [7, 11) is 1.69. The molecule has 23 nitrogen and oxygen atoms in total. The fourth-order valence-corrected chi connectivity index (χ4v) is 15.6. The average Bonchev–Trinajstić information content (AvgIpc) is 1.60. The number of imide groups is 1. The summed E-state index contributed by atoms with van der Waals surface area (Å²) in [4.78, 5) is 144. The van der Waals surface area contributed by atoms with E-state index in [9.17, 15) is 53.1 Å². The molecule has 25 heteroatoms. The number of likely N-dealkylation sites (tertiary alicyclic amines) is 1. The van der Waals surface area contributed by atoms with Gasteiger partial charge in [-0.25, -0.2) is 14.2 Å². The molecular formula is C72H94FN11O12S. The van der Waals surface area contributed by atoms with Gasteiger partial charge in [0.1, 0.15) is 30.8 Å². The Hall–Kier alpha value is -8.32. The number of aliphatic hydroxyl groups is 1. The van der Waals surface area contributed by atoms with Crippen LogP contribution in [0, 0.1) is 30.0 Å². The molecule has 5 fully saturated rings. The Bertz CT molecular complexity index is 3800. The maximum atomic E-state index is 16.1. The number of carbonyl (C=O) groups is 9. The molecule has 0 spiro atoms. The highest BCUT2D eigenvalue weighted by atomic mass is 32.1. The number of imidazole rings is 1. The molecule has 4 saturated heterocycles. The first-order valence-electron chi connectivity index (χ1n) is 34.5. The van der Waals surface area contributed by atoms with Gasteiger partial charge < -0.3 is 46.2 Å². The summed E-state index contributed by atoms with van der Waals surface area (Å²) in [6.45, 7) is 9.76. The number of unbranched alkanes of at least 4 members (excludes halogenated alkanes) is 2. The third-order valence-corrected chi connectivity index (χ3v) is 21.4. The minimum atomic E-state index is -0.991. The number of hydrogen-bond donors (Lipinski definition) is 6. The topological polar surface area (TPSA) is 307 Å². The molecule has 0 bridgehead atoms. The van der Waals surface area contributed by atoms with Crippen molar-refractivity contribution in [3.8, 4) is 16.2 Å². The number of ether oxygens (including phenoxy) is 1. The van der Waals surface area contributed by atoms with Crippen LogP contribution in [-0.2, 0) is 63.0 Å². The minimum Gasteiger partial charge on any atom is -0.488 e. The van der Waals surface area contributed by atoms with Crippen molar-refractivity contribution in [2.75, 3.05) is 26.2 Å². The Labute approximate surface area is 569 Å². The van der Waals surface area contributed by atoms with Crippen LogP contribution in [0.1, 0.15) is 178 Å². The van der Waals surface area contributed by atoms with Crippen molar-refractivity contribution in [2.24, 2.45) is 30.0 Å². The van der Waals surface area contributed by atoms with Gasteiger partial charge in [-0.05, 0) is 155 Å². The molecule has 8 atom stereocenters. The van der Waals surface area contributed by atoms with Crippen molar-refractivity contribution in [1.29, 1.82) is 0 Å². The highest BCUT2D eigenvalue weighted by molar-refractivity contribution is 7.13. The van der Waals surface area contributed by atoms with Crippen molar-refractivity contribution in [2.45, 2.75) is 211 Å². The Morgan fingerprint density at radius 3 is 2.29 bits per heavy atom. The van der Waals surface area contributed by atoms with Crippen molar-refractivity contribution in [3.63, 3.8) is 0 Å². The number of halogens is 1. The summed E-state index contributed by atoms with van der Waals surface area (Å²) in [5.74, 6) is -3.24. The summed E-state index contributed by atoms with van der Waals surface area (Å²) < 4.78 is 25.2. The number of nitrogens with zero attached hydrogens (tertiary/aromatic N) is 6. The first-order valence-corrected chi connectivity index (χ1v) is 35.4. The summed E-state index contributed by atoms with van der Waals surface area (Å²) in [5, 5.41) is 22.0. The molecule has 7 N–H and O–H groups in total. The van der Waals surface area contributed by atoms with Gasteiger partial charge in [-0.2, -0.15) is 0 Å². The van der Waals surface area contributed by atoms with Gasteiger partial charge in [0.2, 0.25) is 53.2 Å². The number of thiazole rings is 1. The van der Waals surface area contributed by atoms with Crippen molar-refractivity contribution >= 4 is 75.5 Å². The van der Waals surface area contributed by atoms with E-state index in [1.807, 2.05) is 77.1 Å². The molecule has 3 aromatic carbocycles. The monoisotopic (exact) mass is 1360 g/mol. The molecule has 6 heterocycles. The number of fused-ring (bicyclic) bond motifs is 2. The number of benzene rings is 3. The summed E-state index contributed by atoms with van der Waals surface area (Å²) in [6, 6.07) is 13.7. The lowest BCUT2D eigenvalue weighted by Crippen LogP contribution is -2.57. The zero-order valence-corrected chi connectivity index (χ0v) is 57.4. The molecule has 0 radical (unpaired) electrons. The normalized spacial score (nSPS) is 22.5. The predicted molar refractivity (Wildman–Crippen MR) is 363 cm³/mol. The Morgan fingerprint density at radius 1 is 0.835 bits per heavy atom. The van der Waals surface area contributed by atoms with Gasteiger partial charge in [0.25, 0.3) is 0 Å². The molecule has 10 rings (SSSR count). The van der Waals surface area contributed by atoms with E-state index in [0.29, 0.717) is 74.9 Å². The van der Waals surface area contributed by atoms with Crippen LogP contribution in [0.4, 0.5) is 4.39 Å². The third kappa shape index (κ3) is 17.3. The van der Waals surface area contributed by atoms with E-state index >= 15 is 4.39 Å². The van der Waals surface area contributed by atoms with E-state index in [1.54, 1.807) is 50.4 Å². The second-order valence-electron chi connectivity index (χ2n) is 28.5. The molecule has 522 valence electrons. The van der Waals surface area contributed by atoms with Gasteiger partial charge in [-0.3, -0.25) is 57.6 Å². The van der Waals surface area contributed by atoms with Crippen LogP contribution >= 0.6 is 11.3 Å². The number of hydrogen-bond acceptors (Lipinski definition) is 14. The molecule has 97 heavy (non-hydrogen) atoms. The molecule has 4 aliphatic heterocycles. The van der Waals surface area contributed by atoms with Gasteiger partial charge in [0.15, 0.2) is 11.6 Å². The van der Waals surface area contributed by atoms with Crippen LogP contribution in [0.15, 0.2) is 71.0 Å². The molecule has 5 aromatic rings. The maximum absolute atomic E-state index is 16.1. The summed E-state index contributed by atoms with van der Waals surface area (Å²) >= 11 is 1.56. The molecule has 2 aromatic heterocycles. The number of aromatic nitrogens is 3. The quantitative estimate of drug-likeness (QED) is 0.0256. The van der Waals surface area contributed by atoms with Crippen molar-refractivity contribution < 1.29 is 57.4 Å². The van der Waals surface area contributed by atoms with E-state index < -0.39 is 77.1 Å². The van der Waals surface area contributed by atoms with E-state index in [0.717, 1.165) is 64.9 Å². The number of carbonyl (C=O) groups excluding carboxylic acids is 9. The Kier molecular flexibility index (Phi) is 23.2. The van der Waals surface area contributed by atoms with Gasteiger partial charge >= 0.3 is 5.69 Å². The van der Waals surface area contributed by atoms with Crippen LogP contribution in [0.3, 0.4) is 0 Å². The largest absolute Gasteiger partial charge is 0.488 e. The zero-order valence-electron chi connectivity index (χ0n) is 56.6. The highest BCUT2D eigenvalue weighted by Crippen LogP contribution is 2.37. The van der Waals surface area contributed by atoms with Crippen molar-refractivity contribution in [3.05, 3.63) is 105 Å². The third-order valence-electron chi connectivity index (χ3n) is 20.4. The van der Waals surface area contributed by atoms with Crippen LogP contribution in [0.25, 0.3) is 21.5 Å². The standard InChI is InChI=1S/C72H94FN11O12S/c1-42(47-20-22-49(23-21-47)65-43(2)75-41-97-65)76-69(93)57-38-52(85)39-82(57)70(94)66(72(3,4)5)78-60(87)14-9-7-8-11-48-12-10-13-58(64(48)73)96-40-50(24-29-59(74)86)77-67(91)54-27-25-51-31-33-81(34-32-62(89)83(51)54)63(90)37-45-17-15-44(16-18-45)35-46-19-26-53-56(36-46)80(6)71(95)84(53)55-28-30-61(88)79-68(55)92/h10,12-13,19-23,26,36,41-42,44-45,50-52,54-55,57,66,85H,7-9,11,14-18,24-25,27-35,37-40H2,1-6H3,(H2,74,86)(H,76,93)(H,77,91)(H,78,87)(H,79,88,92)/t42-,44-,45+,50-,51+,52+,54-,55?,57-,66+/m0/s1. The molecule has 1 aliphatic carbocycles. The molecule has 1 unspecified atom stereocenters. The van der Waals surface area contributed by atoms with Crippen LogP contribution < -0.4 is 37.4 Å². The number of piperidine rings is 1. The molecular weight excluding hydrogens is 1260 g/mol. The molecule has 1 saturated carbocycles. The number of β-amino-alcohol motifs (C(OH)–C–C–N with tert-alkyl or cyclic N) is 1. The Balaban J connectivity index is 0.647. The molecule has 9 amide bonds. The number of primary amides is 1. The number of aliphatic hydroxyl groups excluding tert-OH is 1. The molecule has 5 aliphatic rings. The number of rotatable bonds is 25. The number of nitrogens with one attached hydrogen (secondary N) is 4. The van der Waals surface area contributed by atoms with E-state index in [-0.39, 0.29) is 118 Å². The fourth-order valence-electron chi connectivity index (χ4n) is 14.8. The summed E-state index contributed by atoms with van der Waals surface area (Å²) in [6.07, 6.45) is 7.99. The van der Waals surface area contributed by atoms with Gasteiger partial charge in [0, 0.05) is 71.2 Å². The SMILES string of the molecule is Cc1ncsc1-c1ccc([C@H](C)NC(=O)[C@@H]2C[C@@H](O)CN2C(=O)[C@@H](NC(=O)CCCCCc2cccc(OC[C@H](CCC(N)=O)NC(=O)[C@@H]3CC[C@@H]4CCN(C(=O)C[C@H]5CC[C@@H](Cc6ccc7c(c6)n(C)c(=O)n7C6CCC(=O)NC6=O)CC5)CCC(=O)N43)c2F)C(C)(C)C)cc1. The average molecular weight is 1360 g/mol. The smallest absolute Gasteiger partial charge is 0.329 e. The van der Waals surface area contributed by atoms with E-state index in [1.165, 1.54) is 15.5 Å². The highest BCUT2D eigenvalue weighted by Gasteiger charge is 2.46. The number of aryl methyl sites for hydroxylation is 3.